The van der Waals surface area contributed by atoms with E-state index in [9.17, 15) is 14.4 Å². The van der Waals surface area contributed by atoms with E-state index in [0.29, 0.717) is 17.5 Å². The van der Waals surface area contributed by atoms with Crippen LogP contribution in [0.3, 0.4) is 0 Å². The zero-order valence-electron chi connectivity index (χ0n) is 17.8. The Bertz CT molecular complexity index is 1040. The highest BCUT2D eigenvalue weighted by Gasteiger charge is 2.31. The van der Waals surface area contributed by atoms with Gasteiger partial charge in [0.1, 0.15) is 17.4 Å². The summed E-state index contributed by atoms with van der Waals surface area (Å²) in [4.78, 5) is 20.9. The van der Waals surface area contributed by atoms with Crippen LogP contribution in [-0.4, -0.2) is 15.9 Å². The first-order chi connectivity index (χ1) is 15.5. The van der Waals surface area contributed by atoms with E-state index in [4.69, 9.17) is 4.74 Å². The summed E-state index contributed by atoms with van der Waals surface area (Å²) in [5, 5.41) is 14.2. The number of amides is 1. The van der Waals surface area contributed by atoms with Gasteiger partial charge in [-0.1, -0.05) is 13.3 Å². The van der Waals surface area contributed by atoms with Gasteiger partial charge in [0.25, 0.3) is 0 Å². The standard InChI is InChI=1S/C24H25FN4O3/c1-16(18-3-2-4-19(13-18)17-9-11-29(31)12-10-17)24(30)28-22-7-6-21(15-26-22)32-23-8-5-20(25)14-27-23/h5-12,14-16,18-19H,2-4,13H2,1H3,(H,26,28,30)/t16-,18-,19+/m0/s1. The third-order valence-corrected chi connectivity index (χ3v) is 6.04. The smallest absolute Gasteiger partial charge is 0.228 e. The Morgan fingerprint density at radius 3 is 2.66 bits per heavy atom. The van der Waals surface area contributed by atoms with E-state index in [-0.39, 0.29) is 23.6 Å². The lowest BCUT2D eigenvalue weighted by Crippen LogP contribution is -2.30. The third kappa shape index (κ3) is 5.38. The van der Waals surface area contributed by atoms with E-state index in [1.54, 1.807) is 12.1 Å². The molecule has 1 fully saturated rings. The van der Waals surface area contributed by atoms with Crippen LogP contribution in [0.15, 0.2) is 61.2 Å². The number of nitrogens with one attached hydrogen (secondary N) is 1. The van der Waals surface area contributed by atoms with E-state index in [0.717, 1.165) is 42.2 Å². The molecule has 7 nitrogen and oxygen atoms in total. The van der Waals surface area contributed by atoms with Gasteiger partial charge in [0.15, 0.2) is 12.4 Å². The van der Waals surface area contributed by atoms with Gasteiger partial charge < -0.3 is 15.3 Å². The molecule has 166 valence electrons. The van der Waals surface area contributed by atoms with Gasteiger partial charge in [-0.05, 0) is 54.9 Å². The molecular formula is C24H25FN4O3. The number of hydrogen-bond donors (Lipinski definition) is 1. The minimum absolute atomic E-state index is 0.0671. The van der Waals surface area contributed by atoms with Crippen molar-refractivity contribution in [1.29, 1.82) is 0 Å². The van der Waals surface area contributed by atoms with Crippen molar-refractivity contribution in [3.63, 3.8) is 0 Å². The fraction of sp³-hybridized carbons (Fsp3) is 0.333. The Hall–Kier alpha value is -3.55. The Morgan fingerprint density at radius 1 is 1.16 bits per heavy atom. The van der Waals surface area contributed by atoms with E-state index in [2.05, 4.69) is 15.3 Å². The summed E-state index contributed by atoms with van der Waals surface area (Å²) in [6, 6.07) is 9.78. The van der Waals surface area contributed by atoms with Crippen LogP contribution < -0.4 is 14.8 Å². The molecule has 0 spiro atoms. The van der Waals surface area contributed by atoms with Crippen molar-refractivity contribution in [2.24, 2.45) is 11.8 Å². The first-order valence-electron chi connectivity index (χ1n) is 10.7. The monoisotopic (exact) mass is 436 g/mol. The van der Waals surface area contributed by atoms with Gasteiger partial charge in [-0.2, -0.15) is 4.73 Å². The highest BCUT2D eigenvalue weighted by atomic mass is 19.1. The van der Waals surface area contributed by atoms with Gasteiger partial charge in [-0.15, -0.1) is 0 Å². The lowest BCUT2D eigenvalue weighted by Gasteiger charge is -2.32. The number of carbonyl (C=O) groups is 1. The van der Waals surface area contributed by atoms with Crippen LogP contribution in [0.5, 0.6) is 11.6 Å². The van der Waals surface area contributed by atoms with Crippen LogP contribution in [0.2, 0.25) is 0 Å². The quantitative estimate of drug-likeness (QED) is 0.451. The lowest BCUT2D eigenvalue weighted by molar-refractivity contribution is -0.605. The molecule has 1 aliphatic carbocycles. The number of ether oxygens (including phenoxy) is 1. The highest BCUT2D eigenvalue weighted by molar-refractivity contribution is 5.91. The number of anilines is 1. The van der Waals surface area contributed by atoms with Crippen LogP contribution in [0, 0.1) is 22.9 Å². The molecule has 4 rings (SSSR count). The first kappa shape index (κ1) is 21.7. The summed E-state index contributed by atoms with van der Waals surface area (Å²) in [7, 11) is 0. The molecule has 3 heterocycles. The molecule has 32 heavy (non-hydrogen) atoms. The summed E-state index contributed by atoms with van der Waals surface area (Å²) in [6.07, 6.45) is 9.67. The zero-order chi connectivity index (χ0) is 22.5. The molecule has 0 aliphatic heterocycles. The summed E-state index contributed by atoms with van der Waals surface area (Å²) in [6.45, 7) is 1.96. The maximum Gasteiger partial charge on any atom is 0.228 e. The van der Waals surface area contributed by atoms with Crippen LogP contribution in [-0.2, 0) is 4.79 Å². The number of halogens is 1. The minimum Gasteiger partial charge on any atom is -0.619 e. The number of pyridine rings is 3. The molecule has 1 saturated carbocycles. The van der Waals surface area contributed by atoms with E-state index in [1.165, 1.54) is 30.7 Å². The summed E-state index contributed by atoms with van der Waals surface area (Å²) in [5.41, 5.74) is 1.15. The van der Waals surface area contributed by atoms with Crippen molar-refractivity contribution in [3.05, 3.63) is 77.8 Å². The number of aromatic nitrogens is 3. The van der Waals surface area contributed by atoms with Gasteiger partial charge in [-0.25, -0.2) is 14.4 Å². The Kier molecular flexibility index (Phi) is 6.58. The fourth-order valence-electron chi connectivity index (χ4n) is 4.19. The minimum atomic E-state index is -0.439. The van der Waals surface area contributed by atoms with Crippen LogP contribution in [0.1, 0.15) is 44.1 Å². The van der Waals surface area contributed by atoms with Gasteiger partial charge in [-0.3, -0.25) is 4.79 Å². The van der Waals surface area contributed by atoms with E-state index < -0.39 is 5.82 Å². The van der Waals surface area contributed by atoms with Crippen molar-refractivity contribution in [3.8, 4) is 11.6 Å². The predicted octanol–water partition coefficient (Wildman–Crippen LogP) is 4.59. The predicted molar refractivity (Wildman–Crippen MR) is 116 cm³/mol. The Balaban J connectivity index is 1.33. The molecule has 3 aromatic rings. The Morgan fingerprint density at radius 2 is 1.97 bits per heavy atom. The number of nitrogens with zero attached hydrogens (tertiary/aromatic N) is 3. The first-order valence-corrected chi connectivity index (χ1v) is 10.7. The molecule has 3 atom stereocenters. The molecule has 8 heteroatoms. The second-order valence-electron chi connectivity index (χ2n) is 8.19. The number of hydrogen-bond acceptors (Lipinski definition) is 5. The molecule has 0 radical (unpaired) electrons. The van der Waals surface area contributed by atoms with Gasteiger partial charge >= 0.3 is 0 Å². The zero-order valence-corrected chi connectivity index (χ0v) is 17.8. The third-order valence-electron chi connectivity index (χ3n) is 6.04. The van der Waals surface area contributed by atoms with Crippen LogP contribution >= 0.6 is 0 Å². The summed E-state index contributed by atoms with van der Waals surface area (Å²) in [5.74, 6) is 1.10. The van der Waals surface area contributed by atoms with Gasteiger partial charge in [0.2, 0.25) is 11.8 Å². The molecule has 0 aromatic carbocycles. The maximum atomic E-state index is 12.9. The van der Waals surface area contributed by atoms with Crippen molar-refractivity contribution in [2.45, 2.75) is 38.5 Å². The van der Waals surface area contributed by atoms with Gasteiger partial charge in [0.05, 0.1) is 12.4 Å². The summed E-state index contributed by atoms with van der Waals surface area (Å²) < 4.78 is 19.3. The van der Waals surface area contributed by atoms with Crippen LogP contribution in [0.4, 0.5) is 10.2 Å². The largest absolute Gasteiger partial charge is 0.619 e. The molecule has 0 unspecified atom stereocenters. The molecule has 1 amide bonds. The SMILES string of the molecule is C[C@H](C(=O)Nc1ccc(Oc2ccc(F)cn2)cn1)[C@H]1CCC[C@@H](c2cc[n+]([O-])cc2)C1. The molecule has 3 aromatic heterocycles. The average molecular weight is 436 g/mol. The van der Waals surface area contributed by atoms with Crippen molar-refractivity contribution in [1.82, 2.24) is 9.97 Å². The number of carbonyl (C=O) groups excluding carboxylic acids is 1. The lowest BCUT2D eigenvalue weighted by atomic mass is 9.73. The van der Waals surface area contributed by atoms with E-state index in [1.807, 2.05) is 19.1 Å². The van der Waals surface area contributed by atoms with E-state index >= 15 is 0 Å². The van der Waals surface area contributed by atoms with Crippen molar-refractivity contribution < 1.29 is 18.7 Å². The van der Waals surface area contributed by atoms with Gasteiger partial charge in [0, 0.05) is 24.1 Å². The molecule has 0 bridgehead atoms. The second kappa shape index (κ2) is 9.72. The molecular weight excluding hydrogens is 411 g/mol. The molecule has 1 aliphatic rings. The molecule has 1 N–H and O–H groups in total. The van der Waals surface area contributed by atoms with Crippen LogP contribution in [0.25, 0.3) is 0 Å². The average Bonchev–Trinajstić information content (AvgIpc) is 2.82. The number of rotatable bonds is 6. The summed E-state index contributed by atoms with van der Waals surface area (Å²) >= 11 is 0. The Labute approximate surface area is 185 Å². The normalized spacial score (nSPS) is 19.2. The van der Waals surface area contributed by atoms with Crippen molar-refractivity contribution >= 4 is 11.7 Å². The maximum absolute atomic E-state index is 12.9. The topological polar surface area (TPSA) is 91.0 Å². The fourth-order valence-corrected chi connectivity index (χ4v) is 4.19. The van der Waals surface area contributed by atoms with Crippen molar-refractivity contribution in [2.75, 3.05) is 5.32 Å². The highest BCUT2D eigenvalue weighted by Crippen LogP contribution is 2.39. The molecule has 0 saturated heterocycles. The second-order valence-corrected chi connectivity index (χ2v) is 8.19.